The molecule has 0 aliphatic heterocycles. The number of H-pyrrole nitrogens is 1. The Hall–Kier alpha value is -2.17. The molecule has 1 amide bonds. The van der Waals surface area contributed by atoms with Crippen molar-refractivity contribution in [2.24, 2.45) is 5.92 Å². The van der Waals surface area contributed by atoms with E-state index in [4.69, 9.17) is 4.74 Å². The summed E-state index contributed by atoms with van der Waals surface area (Å²) in [5.41, 5.74) is 3.65. The van der Waals surface area contributed by atoms with E-state index in [9.17, 15) is 9.18 Å². The number of aromatic nitrogens is 3. The first-order chi connectivity index (χ1) is 15.0. The molecule has 1 unspecified atom stereocenters. The molecule has 12 heteroatoms. The number of ether oxygens (including phenoxy) is 1. The number of nitrogens with zero attached hydrogens (tertiary/aromatic N) is 3. The molecule has 34 heavy (non-hydrogen) atoms. The van der Waals surface area contributed by atoms with Crippen LogP contribution in [0, 0.1) is 5.92 Å². The molecule has 1 aliphatic carbocycles. The molecule has 1 aliphatic rings. The number of hydrogen-bond acceptors (Lipinski definition) is 6. The first-order valence-corrected chi connectivity index (χ1v) is 10.9. The van der Waals surface area contributed by atoms with Gasteiger partial charge < -0.3 is 15.0 Å². The van der Waals surface area contributed by atoms with E-state index < -0.39 is 12.1 Å². The van der Waals surface area contributed by atoms with Gasteiger partial charge in [-0.1, -0.05) is 17.4 Å². The topological polar surface area (TPSA) is 83.1 Å². The second-order valence-corrected chi connectivity index (χ2v) is 9.00. The van der Waals surface area contributed by atoms with Crippen molar-refractivity contribution in [3.8, 4) is 16.9 Å². The summed E-state index contributed by atoms with van der Waals surface area (Å²) in [4.78, 5) is 18.6. The molecule has 0 radical (unpaired) electrons. The van der Waals surface area contributed by atoms with Crippen molar-refractivity contribution >= 4 is 80.7 Å². The third kappa shape index (κ3) is 5.72. The van der Waals surface area contributed by atoms with Gasteiger partial charge in [0.25, 0.3) is 0 Å². The van der Waals surface area contributed by atoms with Gasteiger partial charge in [-0.15, -0.1) is 37.2 Å². The van der Waals surface area contributed by atoms with Crippen molar-refractivity contribution in [3.63, 3.8) is 0 Å². The van der Waals surface area contributed by atoms with E-state index in [-0.39, 0.29) is 43.1 Å². The number of hydrogen-bond donors (Lipinski definition) is 2. The molecule has 2 heterocycles. The highest BCUT2D eigenvalue weighted by Gasteiger charge is 2.43. The van der Waals surface area contributed by atoms with Gasteiger partial charge >= 0.3 is 0 Å². The maximum absolute atomic E-state index is 13.1. The van der Waals surface area contributed by atoms with Crippen molar-refractivity contribution < 1.29 is 13.9 Å². The zero-order chi connectivity index (χ0) is 21.5. The number of rotatable bonds is 7. The normalized spacial score (nSPS) is 16.5. The van der Waals surface area contributed by atoms with Crippen molar-refractivity contribution in [1.29, 1.82) is 0 Å². The van der Waals surface area contributed by atoms with E-state index in [1.54, 1.807) is 6.20 Å². The summed E-state index contributed by atoms with van der Waals surface area (Å²) < 4.78 is 20.2. The Kier molecular flexibility index (Phi) is 9.50. The number of carbonyl (C=O) groups is 1. The number of alkyl halides is 1. The standard InChI is InChI=1S/C22H22FN5O2S.3ClH/c1-28(2)7-8-30-18-6-5-16-14(11-24-27-16)20(18)12-3-4-17-19(9-12)31-22(25-17)26-21(29)13-10-15(13)23;;;/h3-6,9,11,13,15H,7-8,10H2,1-2H3,(H,24,27)(H,25,26,29);3*1H/t13?,15-;;;/m0.../s1. The number of fused-ring (bicyclic) bond motifs is 2. The van der Waals surface area contributed by atoms with Gasteiger partial charge in [0, 0.05) is 17.5 Å². The smallest absolute Gasteiger partial charge is 0.232 e. The highest BCUT2D eigenvalue weighted by Crippen LogP contribution is 2.40. The number of thiazole rings is 1. The first-order valence-electron chi connectivity index (χ1n) is 10.1. The second-order valence-electron chi connectivity index (χ2n) is 7.97. The zero-order valence-electron chi connectivity index (χ0n) is 18.4. The van der Waals surface area contributed by atoms with Crippen molar-refractivity contribution in [2.75, 3.05) is 32.6 Å². The second kappa shape index (κ2) is 11.5. The summed E-state index contributed by atoms with van der Waals surface area (Å²) in [7, 11) is 4.02. The van der Waals surface area contributed by atoms with Gasteiger partial charge in [-0.05, 0) is 50.3 Å². The Balaban J connectivity index is 0.00000136. The molecular formula is C22H25Cl3FN5O2S. The quantitative estimate of drug-likeness (QED) is 0.326. The lowest BCUT2D eigenvalue weighted by Gasteiger charge is -2.15. The predicted octanol–water partition coefficient (Wildman–Crippen LogP) is 5.34. The minimum absolute atomic E-state index is 0. The van der Waals surface area contributed by atoms with Crippen LogP contribution >= 0.6 is 48.6 Å². The summed E-state index contributed by atoms with van der Waals surface area (Å²) in [5.74, 6) is -0.0504. The van der Waals surface area contributed by atoms with Crippen LogP contribution in [0.1, 0.15) is 6.42 Å². The third-order valence-corrected chi connectivity index (χ3v) is 6.27. The number of aromatic amines is 1. The molecular weight excluding hydrogens is 524 g/mol. The zero-order valence-corrected chi connectivity index (χ0v) is 21.7. The molecule has 1 saturated carbocycles. The van der Waals surface area contributed by atoms with Gasteiger partial charge in [-0.3, -0.25) is 9.89 Å². The molecule has 184 valence electrons. The monoisotopic (exact) mass is 547 g/mol. The summed E-state index contributed by atoms with van der Waals surface area (Å²) in [6.07, 6.45) is 1.07. The first kappa shape index (κ1) is 28.1. The molecule has 7 nitrogen and oxygen atoms in total. The molecule has 2 aromatic heterocycles. The number of anilines is 1. The number of benzene rings is 2. The number of carbonyl (C=O) groups excluding carboxylic acids is 1. The average molecular weight is 549 g/mol. The van der Waals surface area contributed by atoms with Crippen LogP contribution < -0.4 is 10.1 Å². The van der Waals surface area contributed by atoms with E-state index in [1.165, 1.54) is 11.3 Å². The van der Waals surface area contributed by atoms with Crippen molar-refractivity contribution in [1.82, 2.24) is 20.1 Å². The highest BCUT2D eigenvalue weighted by atomic mass is 35.5. The fourth-order valence-corrected chi connectivity index (χ4v) is 4.43. The van der Waals surface area contributed by atoms with Gasteiger partial charge in [-0.2, -0.15) is 5.10 Å². The Morgan fingerprint density at radius 2 is 2.03 bits per heavy atom. The van der Waals surface area contributed by atoms with Crippen LogP contribution in [-0.2, 0) is 4.79 Å². The number of nitrogens with one attached hydrogen (secondary N) is 2. The fourth-order valence-electron chi connectivity index (χ4n) is 3.52. The molecule has 4 aromatic rings. The number of halogens is 4. The lowest BCUT2D eigenvalue weighted by Crippen LogP contribution is -2.19. The summed E-state index contributed by atoms with van der Waals surface area (Å²) in [5, 5.41) is 11.4. The van der Waals surface area contributed by atoms with E-state index in [0.717, 1.165) is 44.5 Å². The largest absolute Gasteiger partial charge is 0.492 e. The summed E-state index contributed by atoms with van der Waals surface area (Å²) >= 11 is 1.38. The van der Waals surface area contributed by atoms with E-state index in [2.05, 4.69) is 25.4 Å². The van der Waals surface area contributed by atoms with Crippen LogP contribution in [0.3, 0.4) is 0 Å². The molecule has 0 saturated heterocycles. The summed E-state index contributed by atoms with van der Waals surface area (Å²) in [6, 6.07) is 9.88. The minimum Gasteiger partial charge on any atom is -0.492 e. The van der Waals surface area contributed by atoms with Gasteiger partial charge in [0.05, 0.1) is 27.8 Å². The van der Waals surface area contributed by atoms with E-state index >= 15 is 0 Å². The maximum Gasteiger partial charge on any atom is 0.232 e. The Morgan fingerprint density at radius 1 is 1.26 bits per heavy atom. The molecule has 1 fully saturated rings. The molecule has 2 atom stereocenters. The Labute approximate surface area is 218 Å². The van der Waals surface area contributed by atoms with Crippen LogP contribution in [0.4, 0.5) is 9.52 Å². The van der Waals surface area contributed by atoms with Crippen molar-refractivity contribution in [2.45, 2.75) is 12.6 Å². The third-order valence-electron chi connectivity index (χ3n) is 5.34. The lowest BCUT2D eigenvalue weighted by molar-refractivity contribution is -0.117. The molecule has 0 bridgehead atoms. The van der Waals surface area contributed by atoms with Crippen LogP contribution in [0.5, 0.6) is 5.75 Å². The Bertz CT molecular complexity index is 1280. The van der Waals surface area contributed by atoms with E-state index in [0.29, 0.717) is 18.2 Å². The minimum atomic E-state index is -1.03. The SMILES string of the molecule is CN(C)CCOc1ccc2[nH]ncc2c1-c1ccc2nc(NC(=O)C3C[C@@H]3F)sc2c1.Cl.Cl.Cl. The number of likely N-dealkylation sites (N-methyl/N-ethyl adjacent to an activating group) is 1. The maximum atomic E-state index is 13.1. The van der Waals surface area contributed by atoms with Gasteiger partial charge in [0.1, 0.15) is 18.5 Å². The Morgan fingerprint density at radius 3 is 2.74 bits per heavy atom. The van der Waals surface area contributed by atoms with Crippen LogP contribution in [0.2, 0.25) is 0 Å². The fraction of sp³-hybridized carbons (Fsp3) is 0.318. The van der Waals surface area contributed by atoms with Crippen LogP contribution in [0.15, 0.2) is 36.5 Å². The molecule has 2 N–H and O–H groups in total. The van der Waals surface area contributed by atoms with Crippen LogP contribution in [0.25, 0.3) is 32.2 Å². The van der Waals surface area contributed by atoms with Gasteiger partial charge in [0.15, 0.2) is 5.13 Å². The average Bonchev–Trinajstić information content (AvgIpc) is 3.12. The van der Waals surface area contributed by atoms with Gasteiger partial charge in [0.2, 0.25) is 5.91 Å². The van der Waals surface area contributed by atoms with E-state index in [1.807, 2.05) is 44.4 Å². The highest BCUT2D eigenvalue weighted by molar-refractivity contribution is 7.22. The lowest BCUT2D eigenvalue weighted by atomic mass is 10.0. The molecule has 5 rings (SSSR count). The molecule has 0 spiro atoms. The summed E-state index contributed by atoms with van der Waals surface area (Å²) in [6.45, 7) is 1.37. The van der Waals surface area contributed by atoms with Crippen molar-refractivity contribution in [3.05, 3.63) is 36.5 Å². The van der Waals surface area contributed by atoms with Gasteiger partial charge in [-0.25, -0.2) is 9.37 Å². The molecule has 2 aromatic carbocycles. The predicted molar refractivity (Wildman–Crippen MR) is 142 cm³/mol. The van der Waals surface area contributed by atoms with Crippen LogP contribution in [-0.4, -0.2) is 59.4 Å². The number of amides is 1.